The molecule has 1 aromatic rings. The molecule has 0 aliphatic carbocycles. The molecule has 1 atom stereocenters. The third-order valence-electron chi connectivity index (χ3n) is 1.83. The Kier molecular flexibility index (Phi) is 3.30. The minimum absolute atomic E-state index is 0.155. The van der Waals surface area contributed by atoms with Gasteiger partial charge in [-0.2, -0.15) is 13.2 Å². The van der Waals surface area contributed by atoms with Crippen molar-refractivity contribution in [2.45, 2.75) is 16.6 Å². The summed E-state index contributed by atoms with van der Waals surface area (Å²) in [6.07, 6.45) is -4.69. The van der Waals surface area contributed by atoms with E-state index in [-0.39, 0.29) is 5.56 Å². The van der Waals surface area contributed by atoms with Crippen LogP contribution >= 0.6 is 22.6 Å². The molecular weight excluding hydrogens is 325 g/mol. The number of rotatable bonds is 1. The van der Waals surface area contributed by atoms with Crippen LogP contribution < -0.4 is 5.73 Å². The van der Waals surface area contributed by atoms with E-state index >= 15 is 0 Å². The summed E-state index contributed by atoms with van der Waals surface area (Å²) in [7, 11) is 0. The lowest BCUT2D eigenvalue weighted by Gasteiger charge is -2.19. The summed E-state index contributed by atoms with van der Waals surface area (Å²) in [6, 6.07) is 3.09. The summed E-state index contributed by atoms with van der Waals surface area (Å²) in [5, 5.41) is 0. The molecule has 1 unspecified atom stereocenters. The van der Waals surface area contributed by atoms with Crippen LogP contribution in [-0.4, -0.2) is 0 Å². The van der Waals surface area contributed by atoms with Gasteiger partial charge in [-0.25, -0.2) is 4.39 Å². The smallest absolute Gasteiger partial charge is 0.313 e. The number of alkyl halides is 4. The van der Waals surface area contributed by atoms with Gasteiger partial charge in [0.15, 0.2) is 0 Å². The van der Waals surface area contributed by atoms with Gasteiger partial charge in [0.2, 0.25) is 0 Å². The summed E-state index contributed by atoms with van der Waals surface area (Å²) < 4.78 is 49.3. The lowest BCUT2D eigenvalue weighted by molar-refractivity contribution is -0.140. The summed E-state index contributed by atoms with van der Waals surface area (Å²) in [5.74, 6) is -1.30. The normalized spacial score (nSPS) is 16.2. The van der Waals surface area contributed by atoms with Gasteiger partial charge in [0, 0.05) is 5.56 Å². The topological polar surface area (TPSA) is 26.0 Å². The van der Waals surface area contributed by atoms with Gasteiger partial charge in [-0.15, -0.1) is 0 Å². The SMILES string of the molecule is CC(N)(I)c1cccc(C(F)(F)F)c1F. The first kappa shape index (κ1) is 12.7. The molecule has 0 saturated carbocycles. The van der Waals surface area contributed by atoms with Gasteiger partial charge in [-0.3, -0.25) is 0 Å². The molecule has 0 amide bonds. The maximum absolute atomic E-state index is 13.5. The second-order valence-electron chi connectivity index (χ2n) is 3.24. The summed E-state index contributed by atoms with van der Waals surface area (Å²) in [5.41, 5.74) is 4.11. The first-order valence-corrected chi connectivity index (χ1v) is 5.06. The molecule has 15 heavy (non-hydrogen) atoms. The molecule has 0 radical (unpaired) electrons. The predicted octanol–water partition coefficient (Wildman–Crippen LogP) is 3.41. The van der Waals surface area contributed by atoms with E-state index in [1.807, 2.05) is 0 Å². The second kappa shape index (κ2) is 3.89. The molecule has 1 aromatic carbocycles. The molecule has 0 spiro atoms. The summed E-state index contributed by atoms with van der Waals surface area (Å²) in [4.78, 5) is 0. The zero-order valence-electron chi connectivity index (χ0n) is 7.70. The Labute approximate surface area is 97.8 Å². The highest BCUT2D eigenvalue weighted by molar-refractivity contribution is 14.1. The van der Waals surface area contributed by atoms with Crippen molar-refractivity contribution in [3.05, 3.63) is 35.1 Å². The molecule has 1 nitrogen and oxygen atoms in total. The molecule has 0 aromatic heterocycles. The highest BCUT2D eigenvalue weighted by atomic mass is 127. The van der Waals surface area contributed by atoms with E-state index in [2.05, 4.69) is 0 Å². The van der Waals surface area contributed by atoms with Crippen molar-refractivity contribution in [1.29, 1.82) is 0 Å². The zero-order valence-corrected chi connectivity index (χ0v) is 9.86. The van der Waals surface area contributed by atoms with Crippen LogP contribution in [0.5, 0.6) is 0 Å². The molecule has 0 aliphatic heterocycles. The molecule has 0 heterocycles. The van der Waals surface area contributed by atoms with Gasteiger partial charge in [0.25, 0.3) is 0 Å². The lowest BCUT2D eigenvalue weighted by atomic mass is 10.0. The maximum atomic E-state index is 13.5. The first-order valence-electron chi connectivity index (χ1n) is 3.98. The van der Waals surface area contributed by atoms with E-state index in [0.717, 1.165) is 6.07 Å². The Bertz CT molecular complexity index is 335. The Balaban J connectivity index is 3.37. The molecule has 1 rings (SSSR count). The molecule has 84 valence electrons. The van der Waals surface area contributed by atoms with Crippen LogP contribution in [0.4, 0.5) is 17.6 Å². The molecular formula is C9H8F4IN. The fourth-order valence-electron chi connectivity index (χ4n) is 1.13. The monoisotopic (exact) mass is 333 g/mol. The van der Waals surface area contributed by atoms with E-state index < -0.39 is 21.1 Å². The van der Waals surface area contributed by atoms with Gasteiger partial charge < -0.3 is 5.73 Å². The van der Waals surface area contributed by atoms with Gasteiger partial charge in [-0.1, -0.05) is 34.7 Å². The van der Waals surface area contributed by atoms with E-state index in [0.29, 0.717) is 6.07 Å². The molecule has 0 saturated heterocycles. The Hall–Kier alpha value is -0.370. The molecule has 0 aliphatic rings. The fraction of sp³-hybridized carbons (Fsp3) is 0.333. The van der Waals surface area contributed by atoms with Crippen molar-refractivity contribution < 1.29 is 17.6 Å². The van der Waals surface area contributed by atoms with Crippen molar-refractivity contribution in [3.8, 4) is 0 Å². The number of halogens is 5. The van der Waals surface area contributed by atoms with Gasteiger partial charge in [-0.05, 0) is 13.0 Å². The van der Waals surface area contributed by atoms with Crippen molar-refractivity contribution >= 4 is 22.6 Å². The largest absolute Gasteiger partial charge is 0.419 e. The Morgan fingerprint density at radius 1 is 1.20 bits per heavy atom. The average Bonchev–Trinajstić information content (AvgIpc) is 1.99. The third kappa shape index (κ3) is 2.81. The number of benzene rings is 1. The zero-order chi connectivity index (χ0) is 11.9. The first-order chi connectivity index (χ1) is 6.64. The lowest BCUT2D eigenvalue weighted by Crippen LogP contribution is -2.27. The fourth-order valence-corrected chi connectivity index (χ4v) is 1.55. The quantitative estimate of drug-likeness (QED) is 0.362. The summed E-state index contributed by atoms with van der Waals surface area (Å²) >= 11 is 1.68. The highest BCUT2D eigenvalue weighted by Gasteiger charge is 2.36. The number of nitrogens with two attached hydrogens (primary N) is 1. The molecule has 0 bridgehead atoms. The maximum Gasteiger partial charge on any atom is 0.419 e. The van der Waals surface area contributed by atoms with Crippen LogP contribution in [0.2, 0.25) is 0 Å². The van der Waals surface area contributed by atoms with Crippen LogP contribution in [0.15, 0.2) is 18.2 Å². The third-order valence-corrected chi connectivity index (χ3v) is 2.41. The second-order valence-corrected chi connectivity index (χ2v) is 5.48. The van der Waals surface area contributed by atoms with E-state index in [9.17, 15) is 17.6 Å². The highest BCUT2D eigenvalue weighted by Crippen LogP contribution is 2.36. The van der Waals surface area contributed by atoms with Crippen molar-refractivity contribution in [2.75, 3.05) is 0 Å². The predicted molar refractivity (Wildman–Crippen MR) is 57.0 cm³/mol. The van der Waals surface area contributed by atoms with Gasteiger partial charge in [0.05, 0.1) is 9.11 Å². The van der Waals surface area contributed by atoms with Crippen molar-refractivity contribution in [2.24, 2.45) is 5.73 Å². The van der Waals surface area contributed by atoms with Gasteiger partial charge >= 0.3 is 6.18 Å². The van der Waals surface area contributed by atoms with Crippen LogP contribution in [0.25, 0.3) is 0 Å². The Morgan fingerprint density at radius 2 is 1.67 bits per heavy atom. The standard InChI is InChI=1S/C9H8F4IN/c1-8(14,15)5-3-2-4-6(7(5)10)9(11,12)13/h2-4H,15H2,1H3. The van der Waals surface area contributed by atoms with E-state index in [1.54, 1.807) is 22.6 Å². The van der Waals surface area contributed by atoms with Crippen LogP contribution in [0, 0.1) is 5.82 Å². The summed E-state index contributed by atoms with van der Waals surface area (Å²) in [6.45, 7) is 1.44. The van der Waals surface area contributed by atoms with E-state index in [4.69, 9.17) is 5.73 Å². The Morgan fingerprint density at radius 3 is 2.07 bits per heavy atom. The molecule has 0 fully saturated rings. The minimum Gasteiger partial charge on any atom is -0.313 e. The van der Waals surface area contributed by atoms with Gasteiger partial charge in [0.1, 0.15) is 5.82 Å². The molecule has 2 N–H and O–H groups in total. The van der Waals surface area contributed by atoms with E-state index in [1.165, 1.54) is 13.0 Å². The van der Waals surface area contributed by atoms with Crippen LogP contribution in [-0.2, 0) is 9.72 Å². The minimum atomic E-state index is -4.69. The van der Waals surface area contributed by atoms with Crippen molar-refractivity contribution in [3.63, 3.8) is 0 Å². The van der Waals surface area contributed by atoms with Crippen molar-refractivity contribution in [1.82, 2.24) is 0 Å². The van der Waals surface area contributed by atoms with Crippen LogP contribution in [0.3, 0.4) is 0 Å². The average molecular weight is 333 g/mol. The number of hydrogen-bond acceptors (Lipinski definition) is 1. The molecule has 6 heteroatoms. The number of hydrogen-bond donors (Lipinski definition) is 1. The van der Waals surface area contributed by atoms with Crippen LogP contribution in [0.1, 0.15) is 18.1 Å².